The average Bonchev–Trinajstić information content (AvgIpc) is 3.35. The van der Waals surface area contributed by atoms with Gasteiger partial charge < -0.3 is 9.88 Å². The van der Waals surface area contributed by atoms with E-state index in [0.29, 0.717) is 6.54 Å². The maximum absolute atomic E-state index is 12.7. The first kappa shape index (κ1) is 23.8. The van der Waals surface area contributed by atoms with Crippen molar-refractivity contribution in [2.45, 2.75) is 31.6 Å². The Balaban J connectivity index is 1.42. The highest BCUT2D eigenvalue weighted by Gasteiger charge is 2.19. The number of benzene rings is 3. The van der Waals surface area contributed by atoms with E-state index in [1.165, 1.54) is 11.8 Å². The van der Waals surface area contributed by atoms with Crippen molar-refractivity contribution in [3.05, 3.63) is 96.6 Å². The average molecular weight is 494 g/mol. The van der Waals surface area contributed by atoms with Gasteiger partial charge in [-0.05, 0) is 31.5 Å². The molecule has 0 bridgehead atoms. The molecule has 6 nitrogen and oxygen atoms in total. The highest BCUT2D eigenvalue weighted by molar-refractivity contribution is 7.99. The van der Waals surface area contributed by atoms with Gasteiger partial charge in [-0.3, -0.25) is 4.79 Å². The summed E-state index contributed by atoms with van der Waals surface area (Å²) in [6.07, 6.45) is 0. The molecule has 180 valence electrons. The highest BCUT2D eigenvalue weighted by atomic mass is 32.2. The van der Waals surface area contributed by atoms with Gasteiger partial charge in [-0.2, -0.15) is 0 Å². The summed E-state index contributed by atoms with van der Waals surface area (Å²) >= 11 is 1.40. The van der Waals surface area contributed by atoms with Crippen molar-refractivity contribution in [3.63, 3.8) is 0 Å². The van der Waals surface area contributed by atoms with Crippen LogP contribution in [-0.2, 0) is 11.3 Å². The molecule has 2 aromatic heterocycles. The second kappa shape index (κ2) is 10.7. The number of para-hydroxylation sites is 1. The quantitative estimate of drug-likeness (QED) is 0.263. The molecule has 2 heterocycles. The Morgan fingerprint density at radius 2 is 1.64 bits per heavy atom. The number of thioether (sulfide) groups is 1. The third-order valence-corrected chi connectivity index (χ3v) is 7.04. The lowest BCUT2D eigenvalue weighted by molar-refractivity contribution is -0.119. The lowest BCUT2D eigenvalue weighted by atomic mass is 10.0. The van der Waals surface area contributed by atoms with Gasteiger partial charge >= 0.3 is 0 Å². The van der Waals surface area contributed by atoms with Gasteiger partial charge in [0, 0.05) is 23.1 Å². The van der Waals surface area contributed by atoms with E-state index in [-0.39, 0.29) is 17.7 Å². The Bertz CT molecular complexity index is 1480. The number of amides is 1. The summed E-state index contributed by atoms with van der Waals surface area (Å²) in [5.74, 6) is 1.000. The van der Waals surface area contributed by atoms with Gasteiger partial charge in [-0.1, -0.05) is 90.6 Å². The minimum atomic E-state index is -0.0569. The molecule has 0 radical (unpaired) electrons. The zero-order valence-electron chi connectivity index (χ0n) is 20.3. The molecule has 0 saturated carbocycles. The van der Waals surface area contributed by atoms with Crippen molar-refractivity contribution >= 4 is 28.6 Å². The molecule has 0 fully saturated rings. The van der Waals surface area contributed by atoms with E-state index in [4.69, 9.17) is 4.98 Å². The predicted octanol–water partition coefficient (Wildman–Crippen LogP) is 6.15. The first-order valence-corrected chi connectivity index (χ1v) is 13.0. The minimum Gasteiger partial charge on any atom is -0.349 e. The van der Waals surface area contributed by atoms with Crippen LogP contribution in [0.2, 0.25) is 0 Å². The van der Waals surface area contributed by atoms with Gasteiger partial charge in [0.1, 0.15) is 0 Å². The summed E-state index contributed by atoms with van der Waals surface area (Å²) in [6.45, 7) is 4.74. The summed E-state index contributed by atoms with van der Waals surface area (Å²) in [7, 11) is 0. The fraction of sp³-hybridized carbons (Fsp3) is 0.172. The van der Waals surface area contributed by atoms with Crippen LogP contribution in [-0.4, -0.2) is 31.4 Å². The van der Waals surface area contributed by atoms with Gasteiger partial charge in [-0.15, -0.1) is 10.2 Å². The molecule has 5 aromatic rings. The van der Waals surface area contributed by atoms with Gasteiger partial charge in [-0.25, -0.2) is 4.98 Å². The first-order chi connectivity index (χ1) is 17.6. The van der Waals surface area contributed by atoms with Crippen LogP contribution in [0.1, 0.15) is 25.5 Å². The fourth-order valence-corrected chi connectivity index (χ4v) is 5.05. The molecule has 0 aliphatic carbocycles. The van der Waals surface area contributed by atoms with Gasteiger partial charge in [0.25, 0.3) is 0 Å². The Morgan fingerprint density at radius 3 is 2.39 bits per heavy atom. The number of pyridine rings is 1. The molecular formula is C29H27N5OS. The maximum atomic E-state index is 12.7. The molecule has 5 rings (SSSR count). The van der Waals surface area contributed by atoms with Crippen molar-refractivity contribution in [2.24, 2.45) is 0 Å². The number of rotatable bonds is 8. The van der Waals surface area contributed by atoms with Crippen molar-refractivity contribution < 1.29 is 4.79 Å². The summed E-state index contributed by atoms with van der Waals surface area (Å²) < 4.78 is 2.06. The van der Waals surface area contributed by atoms with E-state index in [0.717, 1.165) is 44.3 Å². The second-order valence-electron chi connectivity index (χ2n) is 8.48. The molecule has 0 saturated heterocycles. The van der Waals surface area contributed by atoms with Crippen LogP contribution in [0.15, 0.2) is 96.2 Å². The van der Waals surface area contributed by atoms with E-state index < -0.39 is 0 Å². The topological polar surface area (TPSA) is 72.7 Å². The number of hydrogen-bond acceptors (Lipinski definition) is 5. The smallest absolute Gasteiger partial charge is 0.230 e. The zero-order valence-corrected chi connectivity index (χ0v) is 21.1. The molecule has 0 spiro atoms. The molecule has 0 aliphatic heterocycles. The number of fused-ring (bicyclic) bond motifs is 1. The zero-order chi connectivity index (χ0) is 24.9. The van der Waals surface area contributed by atoms with Crippen molar-refractivity contribution in [3.8, 4) is 22.6 Å². The van der Waals surface area contributed by atoms with E-state index in [1.807, 2.05) is 73.7 Å². The van der Waals surface area contributed by atoms with Crippen molar-refractivity contribution in [2.75, 3.05) is 5.75 Å². The van der Waals surface area contributed by atoms with Gasteiger partial charge in [0.05, 0.1) is 23.0 Å². The highest BCUT2D eigenvalue weighted by Crippen LogP contribution is 2.33. The van der Waals surface area contributed by atoms with E-state index in [1.54, 1.807) is 0 Å². The molecule has 1 unspecified atom stereocenters. The van der Waals surface area contributed by atoms with Crippen LogP contribution >= 0.6 is 11.8 Å². The molecule has 1 amide bonds. The Kier molecular flexibility index (Phi) is 7.09. The first-order valence-electron chi connectivity index (χ1n) is 12.0. The molecule has 7 heteroatoms. The normalized spacial score (nSPS) is 11.9. The summed E-state index contributed by atoms with van der Waals surface area (Å²) in [5, 5.41) is 13.8. The maximum Gasteiger partial charge on any atom is 0.230 e. The third-order valence-electron chi connectivity index (χ3n) is 6.07. The molecule has 0 aliphatic rings. The van der Waals surface area contributed by atoms with Crippen molar-refractivity contribution in [1.82, 2.24) is 25.1 Å². The van der Waals surface area contributed by atoms with Crippen LogP contribution in [0.3, 0.4) is 0 Å². The van der Waals surface area contributed by atoms with Crippen LogP contribution < -0.4 is 5.32 Å². The number of nitrogens with zero attached hydrogens (tertiary/aromatic N) is 4. The lowest BCUT2D eigenvalue weighted by Crippen LogP contribution is -2.28. The van der Waals surface area contributed by atoms with E-state index in [2.05, 4.69) is 51.3 Å². The number of carbonyl (C=O) groups excluding carboxylic acids is 1. The van der Waals surface area contributed by atoms with Crippen molar-refractivity contribution in [1.29, 1.82) is 0 Å². The predicted molar refractivity (Wildman–Crippen MR) is 146 cm³/mol. The van der Waals surface area contributed by atoms with Crippen LogP contribution in [0.5, 0.6) is 0 Å². The molecule has 1 N–H and O–H groups in total. The summed E-state index contributed by atoms with van der Waals surface area (Å²) in [4.78, 5) is 17.5. The fourth-order valence-electron chi connectivity index (χ4n) is 4.24. The second-order valence-corrected chi connectivity index (χ2v) is 9.42. The summed E-state index contributed by atoms with van der Waals surface area (Å²) in [6, 6.07) is 30.2. The molecule has 1 atom stereocenters. The Hall–Kier alpha value is -3.97. The Labute approximate surface area is 214 Å². The largest absolute Gasteiger partial charge is 0.349 e. The van der Waals surface area contributed by atoms with Gasteiger partial charge in [0.2, 0.25) is 5.91 Å². The number of aromatic nitrogens is 4. The van der Waals surface area contributed by atoms with E-state index in [9.17, 15) is 4.79 Å². The molecular weight excluding hydrogens is 466 g/mol. The van der Waals surface area contributed by atoms with Crippen LogP contribution in [0.25, 0.3) is 33.5 Å². The van der Waals surface area contributed by atoms with Crippen LogP contribution in [0, 0.1) is 0 Å². The van der Waals surface area contributed by atoms with E-state index >= 15 is 0 Å². The van der Waals surface area contributed by atoms with Crippen LogP contribution in [0.4, 0.5) is 0 Å². The minimum absolute atomic E-state index is 0.0377. The third kappa shape index (κ3) is 5.02. The SMILES string of the molecule is CCn1c(SCC(=O)NC(C)c2ccccc2)nnc1-c1cc(-c2ccccc2)nc2ccccc12. The summed E-state index contributed by atoms with van der Waals surface area (Å²) in [5.41, 5.74) is 4.89. The number of nitrogens with one attached hydrogen (secondary N) is 1. The number of hydrogen-bond donors (Lipinski definition) is 1. The Morgan fingerprint density at radius 1 is 0.944 bits per heavy atom. The molecule has 3 aromatic carbocycles. The lowest BCUT2D eigenvalue weighted by Gasteiger charge is -2.14. The number of carbonyl (C=O) groups is 1. The monoisotopic (exact) mass is 493 g/mol. The molecule has 36 heavy (non-hydrogen) atoms. The van der Waals surface area contributed by atoms with Gasteiger partial charge in [0.15, 0.2) is 11.0 Å². The standard InChI is InChI=1S/C29H27N5OS/c1-3-34-28(32-33-29(34)36-19-27(35)30-20(2)21-12-6-4-7-13-21)24-18-26(22-14-8-5-9-15-22)31-25-17-11-10-16-23(24)25/h4-18,20H,3,19H2,1-2H3,(H,30,35).